The topological polar surface area (TPSA) is 64.0 Å². The quantitative estimate of drug-likeness (QED) is 0.909. The predicted molar refractivity (Wildman–Crippen MR) is 78.7 cm³/mol. The highest BCUT2D eigenvalue weighted by atomic mass is 32.2. The molecule has 1 N–H and O–H groups in total. The highest BCUT2D eigenvalue weighted by molar-refractivity contribution is 7.91. The van der Waals surface area contributed by atoms with E-state index in [4.69, 9.17) is 0 Å². The minimum absolute atomic E-state index is 0.0315. The van der Waals surface area contributed by atoms with Crippen molar-refractivity contribution in [1.82, 2.24) is 15.1 Å². The molecule has 0 saturated carbocycles. The van der Waals surface area contributed by atoms with Gasteiger partial charge in [0.05, 0.1) is 23.2 Å². The van der Waals surface area contributed by atoms with Gasteiger partial charge in [-0.25, -0.2) is 8.42 Å². The van der Waals surface area contributed by atoms with Gasteiger partial charge < -0.3 is 5.32 Å². The summed E-state index contributed by atoms with van der Waals surface area (Å²) in [5, 5.41) is 8.14. The number of aryl methyl sites for hydroxylation is 1. The number of hydrogen-bond donors (Lipinski definition) is 1. The zero-order valence-corrected chi connectivity index (χ0v) is 13.0. The fourth-order valence-electron chi connectivity index (χ4n) is 3.49. The Labute approximate surface area is 120 Å². The fourth-order valence-corrected chi connectivity index (χ4v) is 5.19. The summed E-state index contributed by atoms with van der Waals surface area (Å²) in [4.78, 5) is 0. The lowest BCUT2D eigenvalue weighted by molar-refractivity contribution is 0.484. The minimum Gasteiger partial charge on any atom is -0.314 e. The Balaban J connectivity index is 1.83. The van der Waals surface area contributed by atoms with E-state index in [2.05, 4.69) is 17.3 Å². The third-order valence-electron chi connectivity index (χ3n) is 4.64. The molecule has 2 saturated heterocycles. The smallest absolute Gasteiger partial charge is 0.152 e. The molecule has 1 aromatic rings. The van der Waals surface area contributed by atoms with Gasteiger partial charge in [0, 0.05) is 11.7 Å². The molecule has 2 atom stereocenters. The van der Waals surface area contributed by atoms with E-state index in [1.807, 2.05) is 11.6 Å². The number of aromatic nitrogens is 2. The van der Waals surface area contributed by atoms with Crippen LogP contribution < -0.4 is 5.32 Å². The van der Waals surface area contributed by atoms with Gasteiger partial charge in [-0.2, -0.15) is 5.10 Å². The van der Waals surface area contributed by atoms with Crippen molar-refractivity contribution in [2.24, 2.45) is 0 Å². The van der Waals surface area contributed by atoms with E-state index in [1.165, 1.54) is 18.4 Å². The van der Waals surface area contributed by atoms with Gasteiger partial charge in [-0.3, -0.25) is 4.68 Å². The average molecular weight is 297 g/mol. The van der Waals surface area contributed by atoms with Crippen molar-refractivity contribution in [1.29, 1.82) is 0 Å². The molecule has 0 bridgehead atoms. The maximum Gasteiger partial charge on any atom is 0.152 e. The number of rotatable bonds is 3. The van der Waals surface area contributed by atoms with Crippen LogP contribution in [-0.4, -0.2) is 42.3 Å². The molecule has 0 unspecified atom stereocenters. The molecule has 6 heteroatoms. The standard InChI is InChI=1S/C14H23N3O2S/c1-10-14(8-12-4-3-6-15-12)11(2)17(16-10)13-5-7-20(18,19)9-13/h12-13,15H,3-9H2,1-2H3/t12-,13+/m0/s1. The summed E-state index contributed by atoms with van der Waals surface area (Å²) in [6.07, 6.45) is 4.18. The fraction of sp³-hybridized carbons (Fsp3) is 0.786. The van der Waals surface area contributed by atoms with E-state index >= 15 is 0 Å². The molecule has 112 valence electrons. The largest absolute Gasteiger partial charge is 0.314 e. The normalized spacial score (nSPS) is 29.1. The summed E-state index contributed by atoms with van der Waals surface area (Å²) in [5.74, 6) is 0.547. The van der Waals surface area contributed by atoms with E-state index in [0.29, 0.717) is 18.2 Å². The van der Waals surface area contributed by atoms with Crippen molar-refractivity contribution in [2.75, 3.05) is 18.1 Å². The van der Waals surface area contributed by atoms with E-state index in [-0.39, 0.29) is 11.8 Å². The second-order valence-electron chi connectivity index (χ2n) is 6.15. The molecule has 2 aliphatic rings. The van der Waals surface area contributed by atoms with Gasteiger partial charge in [0.2, 0.25) is 0 Å². The van der Waals surface area contributed by atoms with Crippen molar-refractivity contribution in [3.05, 3.63) is 17.0 Å². The van der Waals surface area contributed by atoms with Gasteiger partial charge in [-0.05, 0) is 51.6 Å². The van der Waals surface area contributed by atoms with Gasteiger partial charge in [-0.1, -0.05) is 0 Å². The summed E-state index contributed by atoms with van der Waals surface area (Å²) in [6, 6.07) is 0.585. The van der Waals surface area contributed by atoms with Crippen molar-refractivity contribution < 1.29 is 8.42 Å². The Bertz CT molecular complexity index is 600. The Kier molecular flexibility index (Phi) is 3.62. The van der Waals surface area contributed by atoms with Crippen molar-refractivity contribution in [3.8, 4) is 0 Å². The maximum atomic E-state index is 11.6. The van der Waals surface area contributed by atoms with E-state index in [9.17, 15) is 8.42 Å². The number of nitrogens with one attached hydrogen (secondary N) is 1. The molecule has 5 nitrogen and oxygen atoms in total. The van der Waals surface area contributed by atoms with Crippen molar-refractivity contribution in [2.45, 2.75) is 51.6 Å². The molecule has 0 amide bonds. The monoisotopic (exact) mass is 297 g/mol. The first kappa shape index (κ1) is 14.1. The summed E-state index contributed by atoms with van der Waals surface area (Å²) >= 11 is 0. The van der Waals surface area contributed by atoms with Crippen LogP contribution in [0.1, 0.15) is 42.3 Å². The first-order valence-electron chi connectivity index (χ1n) is 7.44. The zero-order chi connectivity index (χ0) is 14.3. The minimum atomic E-state index is -2.86. The second-order valence-corrected chi connectivity index (χ2v) is 8.38. The highest BCUT2D eigenvalue weighted by Gasteiger charge is 2.31. The lowest BCUT2D eigenvalue weighted by Gasteiger charge is -2.13. The summed E-state index contributed by atoms with van der Waals surface area (Å²) in [6.45, 7) is 5.23. The van der Waals surface area contributed by atoms with Crippen LogP contribution in [-0.2, 0) is 16.3 Å². The maximum absolute atomic E-state index is 11.6. The highest BCUT2D eigenvalue weighted by Crippen LogP contribution is 2.27. The van der Waals surface area contributed by atoms with Crippen LogP contribution in [0.25, 0.3) is 0 Å². The molecule has 3 rings (SSSR count). The zero-order valence-electron chi connectivity index (χ0n) is 12.2. The predicted octanol–water partition coefficient (Wildman–Crippen LogP) is 1.15. The molecule has 20 heavy (non-hydrogen) atoms. The number of hydrogen-bond acceptors (Lipinski definition) is 4. The van der Waals surface area contributed by atoms with Crippen molar-refractivity contribution >= 4 is 9.84 Å². The van der Waals surface area contributed by atoms with Crippen LogP contribution in [0, 0.1) is 13.8 Å². The van der Waals surface area contributed by atoms with Crippen LogP contribution >= 0.6 is 0 Å². The van der Waals surface area contributed by atoms with Crippen LogP contribution in [0.2, 0.25) is 0 Å². The lowest BCUT2D eigenvalue weighted by Crippen LogP contribution is -2.24. The molecule has 1 aromatic heterocycles. The van der Waals surface area contributed by atoms with E-state index < -0.39 is 9.84 Å². The first-order chi connectivity index (χ1) is 9.46. The summed E-state index contributed by atoms with van der Waals surface area (Å²) in [5.41, 5.74) is 3.51. The second kappa shape index (κ2) is 5.15. The molecule has 2 aliphatic heterocycles. The molecular weight excluding hydrogens is 274 g/mol. The van der Waals surface area contributed by atoms with Crippen LogP contribution in [0.15, 0.2) is 0 Å². The Morgan fingerprint density at radius 2 is 2.15 bits per heavy atom. The van der Waals surface area contributed by atoms with Gasteiger partial charge in [0.1, 0.15) is 0 Å². The molecular formula is C14H23N3O2S. The Morgan fingerprint density at radius 3 is 2.75 bits per heavy atom. The van der Waals surface area contributed by atoms with Gasteiger partial charge >= 0.3 is 0 Å². The summed E-state index contributed by atoms with van der Waals surface area (Å²) in [7, 11) is -2.86. The van der Waals surface area contributed by atoms with Crippen LogP contribution in [0.3, 0.4) is 0 Å². The molecule has 0 radical (unpaired) electrons. The van der Waals surface area contributed by atoms with E-state index in [0.717, 1.165) is 24.4 Å². The summed E-state index contributed by atoms with van der Waals surface area (Å²) < 4.78 is 25.3. The van der Waals surface area contributed by atoms with E-state index in [1.54, 1.807) is 0 Å². The van der Waals surface area contributed by atoms with Crippen LogP contribution in [0.4, 0.5) is 0 Å². The molecule has 0 aliphatic carbocycles. The van der Waals surface area contributed by atoms with Gasteiger partial charge in [0.25, 0.3) is 0 Å². The molecule has 0 aromatic carbocycles. The van der Waals surface area contributed by atoms with Gasteiger partial charge in [-0.15, -0.1) is 0 Å². The Morgan fingerprint density at radius 1 is 1.35 bits per heavy atom. The van der Waals surface area contributed by atoms with Crippen molar-refractivity contribution in [3.63, 3.8) is 0 Å². The lowest BCUT2D eigenvalue weighted by atomic mass is 10.0. The SMILES string of the molecule is Cc1nn([C@@H]2CCS(=O)(=O)C2)c(C)c1C[C@@H]1CCCN1. The van der Waals surface area contributed by atoms with Gasteiger partial charge in [0.15, 0.2) is 9.84 Å². The third-order valence-corrected chi connectivity index (χ3v) is 6.39. The first-order valence-corrected chi connectivity index (χ1v) is 9.27. The Hall–Kier alpha value is -0.880. The third kappa shape index (κ3) is 2.63. The molecule has 2 fully saturated rings. The molecule has 3 heterocycles. The average Bonchev–Trinajstić information content (AvgIpc) is 3.06. The number of sulfone groups is 1. The van der Waals surface area contributed by atoms with Crippen LogP contribution in [0.5, 0.6) is 0 Å². The number of nitrogens with zero attached hydrogens (tertiary/aromatic N) is 2. The molecule has 0 spiro atoms.